The fourth-order valence-electron chi connectivity index (χ4n) is 2.78. The first-order chi connectivity index (χ1) is 13.2. The van der Waals surface area contributed by atoms with Crippen molar-refractivity contribution in [1.82, 2.24) is 5.43 Å². The van der Waals surface area contributed by atoms with E-state index in [0.717, 1.165) is 16.7 Å². The van der Waals surface area contributed by atoms with E-state index < -0.39 is 5.92 Å². The summed E-state index contributed by atoms with van der Waals surface area (Å²) in [4.78, 5) is 12.8. The van der Waals surface area contributed by atoms with E-state index in [0.29, 0.717) is 10.8 Å². The van der Waals surface area contributed by atoms with Gasteiger partial charge in [0.2, 0.25) is 0 Å². The van der Waals surface area contributed by atoms with E-state index in [-0.39, 0.29) is 5.91 Å². The number of hydrogen-bond acceptors (Lipinski definition) is 3. The van der Waals surface area contributed by atoms with Crippen molar-refractivity contribution in [2.45, 2.75) is 5.92 Å². The van der Waals surface area contributed by atoms with E-state index in [1.807, 2.05) is 66.7 Å². The maximum absolute atomic E-state index is 12.8. The van der Waals surface area contributed by atoms with Crippen LogP contribution in [0.1, 0.15) is 22.6 Å². The van der Waals surface area contributed by atoms with Gasteiger partial charge in [-0.05, 0) is 34.9 Å². The Hall–Kier alpha value is -3.11. The van der Waals surface area contributed by atoms with E-state index in [1.54, 1.807) is 25.5 Å². The lowest BCUT2D eigenvalue weighted by Crippen LogP contribution is -2.26. The molecule has 0 spiro atoms. The molecule has 0 aromatic heterocycles. The Morgan fingerprint density at radius 2 is 1.59 bits per heavy atom. The molecule has 0 radical (unpaired) electrons. The third-order valence-corrected chi connectivity index (χ3v) is 4.39. The molecule has 136 valence electrons. The van der Waals surface area contributed by atoms with Crippen molar-refractivity contribution >= 4 is 23.7 Å². The Balaban J connectivity index is 1.78. The van der Waals surface area contributed by atoms with E-state index >= 15 is 0 Å². The molecule has 0 atom stereocenters. The summed E-state index contributed by atoms with van der Waals surface area (Å²) in [5.74, 6) is -0.0571. The van der Waals surface area contributed by atoms with Crippen LogP contribution in [0.5, 0.6) is 5.75 Å². The van der Waals surface area contributed by atoms with Gasteiger partial charge in [-0.15, -0.1) is 0 Å². The Morgan fingerprint density at radius 1 is 1.00 bits per heavy atom. The van der Waals surface area contributed by atoms with Gasteiger partial charge in [-0.3, -0.25) is 4.79 Å². The average Bonchev–Trinajstić information content (AvgIpc) is 2.70. The standard InChI is InChI=1S/C22H19ClN2O2/c1-27-20-13-12-16(14-19(20)23)15-24-25-22(26)21(17-8-4-2-5-9-17)18-10-6-3-7-11-18/h2-15,21H,1H3,(H,25,26). The molecule has 0 bridgehead atoms. The average molecular weight is 379 g/mol. The van der Waals surface area contributed by atoms with Crippen LogP contribution in [0.3, 0.4) is 0 Å². The highest BCUT2D eigenvalue weighted by Crippen LogP contribution is 2.25. The molecule has 0 heterocycles. The normalized spacial score (nSPS) is 10.9. The molecule has 4 nitrogen and oxygen atoms in total. The third-order valence-electron chi connectivity index (χ3n) is 4.09. The van der Waals surface area contributed by atoms with Crippen molar-refractivity contribution in [3.8, 4) is 5.75 Å². The van der Waals surface area contributed by atoms with Gasteiger partial charge in [0.05, 0.1) is 24.3 Å². The SMILES string of the molecule is COc1ccc(C=NNC(=O)C(c2ccccc2)c2ccccc2)cc1Cl. The van der Waals surface area contributed by atoms with Crippen LogP contribution in [0.2, 0.25) is 5.02 Å². The predicted molar refractivity (Wildman–Crippen MR) is 108 cm³/mol. The Kier molecular flexibility index (Phi) is 6.23. The summed E-state index contributed by atoms with van der Waals surface area (Å²) in [5, 5.41) is 4.57. The van der Waals surface area contributed by atoms with Crippen LogP contribution in [0.4, 0.5) is 0 Å². The van der Waals surface area contributed by atoms with Gasteiger partial charge in [0.1, 0.15) is 5.75 Å². The molecule has 0 fully saturated rings. The lowest BCUT2D eigenvalue weighted by atomic mass is 9.91. The molecule has 0 unspecified atom stereocenters. The molecule has 0 aliphatic carbocycles. The lowest BCUT2D eigenvalue weighted by molar-refractivity contribution is -0.121. The molecule has 1 N–H and O–H groups in total. The van der Waals surface area contributed by atoms with Gasteiger partial charge in [0.25, 0.3) is 5.91 Å². The zero-order valence-electron chi connectivity index (χ0n) is 14.8. The van der Waals surface area contributed by atoms with Crippen LogP contribution in [0.25, 0.3) is 0 Å². The highest BCUT2D eigenvalue weighted by molar-refractivity contribution is 6.32. The van der Waals surface area contributed by atoms with E-state index in [9.17, 15) is 4.79 Å². The fraction of sp³-hybridized carbons (Fsp3) is 0.0909. The lowest BCUT2D eigenvalue weighted by Gasteiger charge is -2.16. The number of benzene rings is 3. The van der Waals surface area contributed by atoms with Gasteiger partial charge < -0.3 is 4.74 Å². The van der Waals surface area contributed by atoms with E-state index in [4.69, 9.17) is 16.3 Å². The Bertz CT molecular complexity index is 888. The number of hydrogen-bond donors (Lipinski definition) is 1. The molecule has 1 amide bonds. The monoisotopic (exact) mass is 378 g/mol. The zero-order valence-corrected chi connectivity index (χ0v) is 15.6. The molecule has 3 aromatic carbocycles. The third kappa shape index (κ3) is 4.74. The minimum atomic E-state index is -0.441. The highest BCUT2D eigenvalue weighted by Gasteiger charge is 2.22. The number of rotatable bonds is 6. The first-order valence-corrected chi connectivity index (χ1v) is 8.83. The van der Waals surface area contributed by atoms with Crippen LogP contribution >= 0.6 is 11.6 Å². The van der Waals surface area contributed by atoms with Gasteiger partial charge in [-0.1, -0.05) is 72.3 Å². The van der Waals surface area contributed by atoms with Crippen molar-refractivity contribution in [2.75, 3.05) is 7.11 Å². The van der Waals surface area contributed by atoms with Gasteiger partial charge in [0.15, 0.2) is 0 Å². The van der Waals surface area contributed by atoms with Gasteiger partial charge >= 0.3 is 0 Å². The van der Waals surface area contributed by atoms with Crippen molar-refractivity contribution in [1.29, 1.82) is 0 Å². The largest absolute Gasteiger partial charge is 0.495 e. The summed E-state index contributed by atoms with van der Waals surface area (Å²) in [5.41, 5.74) is 5.21. The molecule has 0 aliphatic heterocycles. The van der Waals surface area contributed by atoms with E-state index in [2.05, 4.69) is 10.5 Å². The van der Waals surface area contributed by atoms with E-state index in [1.165, 1.54) is 0 Å². The zero-order chi connectivity index (χ0) is 19.1. The molecule has 0 saturated heterocycles. The van der Waals surface area contributed by atoms with Gasteiger partial charge in [-0.2, -0.15) is 5.10 Å². The summed E-state index contributed by atoms with van der Waals surface area (Å²) in [7, 11) is 1.56. The Morgan fingerprint density at radius 3 is 2.11 bits per heavy atom. The molecule has 5 heteroatoms. The molecule has 3 aromatic rings. The minimum absolute atomic E-state index is 0.205. The number of nitrogens with one attached hydrogen (secondary N) is 1. The quantitative estimate of drug-likeness (QED) is 0.502. The number of carbonyl (C=O) groups excluding carboxylic acids is 1. The van der Waals surface area contributed by atoms with Crippen molar-refractivity contribution in [2.24, 2.45) is 5.10 Å². The Labute approximate surface area is 163 Å². The second-order valence-electron chi connectivity index (χ2n) is 5.88. The summed E-state index contributed by atoms with van der Waals surface area (Å²) < 4.78 is 5.13. The minimum Gasteiger partial charge on any atom is -0.495 e. The topological polar surface area (TPSA) is 50.7 Å². The van der Waals surface area contributed by atoms with Crippen molar-refractivity contribution in [3.63, 3.8) is 0 Å². The second-order valence-corrected chi connectivity index (χ2v) is 6.29. The number of methoxy groups -OCH3 is 1. The number of hydrazone groups is 1. The summed E-state index contributed by atoms with van der Waals surface area (Å²) in [6.07, 6.45) is 1.55. The molecule has 27 heavy (non-hydrogen) atoms. The molecular formula is C22H19ClN2O2. The van der Waals surface area contributed by atoms with Crippen LogP contribution < -0.4 is 10.2 Å². The molecule has 0 aliphatic rings. The smallest absolute Gasteiger partial charge is 0.252 e. The molecule has 3 rings (SSSR count). The van der Waals surface area contributed by atoms with Crippen molar-refractivity contribution < 1.29 is 9.53 Å². The maximum atomic E-state index is 12.8. The number of amides is 1. The number of carbonyl (C=O) groups is 1. The summed E-state index contributed by atoms with van der Waals surface area (Å²) in [6.45, 7) is 0. The summed E-state index contributed by atoms with van der Waals surface area (Å²) >= 11 is 6.11. The number of ether oxygens (including phenoxy) is 1. The first-order valence-electron chi connectivity index (χ1n) is 8.45. The van der Waals surface area contributed by atoms with Crippen LogP contribution in [-0.4, -0.2) is 19.2 Å². The second kappa shape index (κ2) is 9.01. The predicted octanol–water partition coefficient (Wildman–Crippen LogP) is 4.63. The number of halogens is 1. The van der Waals surface area contributed by atoms with Gasteiger partial charge in [-0.25, -0.2) is 5.43 Å². The fourth-order valence-corrected chi connectivity index (χ4v) is 3.05. The molecule has 0 saturated carbocycles. The van der Waals surface area contributed by atoms with Crippen LogP contribution in [0.15, 0.2) is 84.0 Å². The first kappa shape index (κ1) is 18.7. The van der Waals surface area contributed by atoms with Gasteiger partial charge in [0, 0.05) is 0 Å². The maximum Gasteiger partial charge on any atom is 0.252 e. The van der Waals surface area contributed by atoms with Crippen LogP contribution in [0, 0.1) is 0 Å². The van der Waals surface area contributed by atoms with Crippen LogP contribution in [-0.2, 0) is 4.79 Å². The highest BCUT2D eigenvalue weighted by atomic mass is 35.5. The molecular weight excluding hydrogens is 360 g/mol. The van der Waals surface area contributed by atoms with Crippen molar-refractivity contribution in [3.05, 3.63) is 101 Å². The number of nitrogens with zero attached hydrogens (tertiary/aromatic N) is 1. The summed E-state index contributed by atoms with van der Waals surface area (Å²) in [6, 6.07) is 24.5.